The lowest BCUT2D eigenvalue weighted by Gasteiger charge is -2.17. The summed E-state index contributed by atoms with van der Waals surface area (Å²) in [7, 11) is 0. The fraction of sp³-hybridized carbons (Fsp3) is 0.238. The first-order valence-electron chi connectivity index (χ1n) is 8.54. The van der Waals surface area contributed by atoms with Crippen LogP contribution in [-0.4, -0.2) is 22.7 Å². The van der Waals surface area contributed by atoms with Gasteiger partial charge in [-0.1, -0.05) is 48.5 Å². The molecule has 0 amide bonds. The number of allylic oxidation sites excluding steroid dienone is 1. The molecule has 2 aromatic carbocycles. The van der Waals surface area contributed by atoms with Crippen molar-refractivity contribution < 1.29 is 4.92 Å². The Labute approximate surface area is 157 Å². The molecule has 1 heterocycles. The van der Waals surface area contributed by atoms with E-state index in [4.69, 9.17) is 0 Å². The van der Waals surface area contributed by atoms with E-state index in [0.717, 1.165) is 38.2 Å². The van der Waals surface area contributed by atoms with Crippen molar-refractivity contribution >= 4 is 22.7 Å². The minimum Gasteiger partial charge on any atom is -0.354 e. The molecule has 0 saturated carbocycles. The Morgan fingerprint density at radius 1 is 1.27 bits per heavy atom. The average Bonchev–Trinajstić information content (AvgIpc) is 3.00. The molecular weight excluding hydrogens is 344 g/mol. The number of H-pyrrole nitrogens is 1. The first-order chi connectivity index (χ1) is 12.5. The maximum absolute atomic E-state index is 11.4. The molecule has 1 unspecified atom stereocenters. The van der Waals surface area contributed by atoms with Crippen LogP contribution in [0.4, 0.5) is 0 Å². The van der Waals surface area contributed by atoms with Gasteiger partial charge in [-0.05, 0) is 42.2 Å². The number of aryl methyl sites for hydroxylation is 1. The van der Waals surface area contributed by atoms with E-state index in [9.17, 15) is 10.1 Å². The van der Waals surface area contributed by atoms with Gasteiger partial charge in [-0.3, -0.25) is 10.1 Å². The van der Waals surface area contributed by atoms with Crippen molar-refractivity contribution in [1.29, 1.82) is 0 Å². The second kappa shape index (κ2) is 7.79. The quantitative estimate of drug-likeness (QED) is 0.445. The lowest BCUT2D eigenvalue weighted by Crippen LogP contribution is -2.14. The van der Waals surface area contributed by atoms with Crippen LogP contribution in [0.3, 0.4) is 0 Å². The Hall–Kier alpha value is -2.53. The van der Waals surface area contributed by atoms with Crippen LogP contribution in [-0.2, 0) is 0 Å². The highest BCUT2D eigenvalue weighted by Gasteiger charge is 2.28. The van der Waals surface area contributed by atoms with Gasteiger partial charge in [0.2, 0.25) is 6.54 Å². The summed E-state index contributed by atoms with van der Waals surface area (Å²) >= 11 is 1.58. The number of nitrogens with one attached hydrogen (secondary N) is 1. The molecule has 26 heavy (non-hydrogen) atoms. The molecule has 0 spiro atoms. The molecule has 1 atom stereocenters. The topological polar surface area (TPSA) is 58.9 Å². The summed E-state index contributed by atoms with van der Waals surface area (Å²) in [5.41, 5.74) is 5.19. The maximum Gasteiger partial charge on any atom is 0.215 e. The van der Waals surface area contributed by atoms with Crippen LogP contribution < -0.4 is 0 Å². The van der Waals surface area contributed by atoms with Gasteiger partial charge >= 0.3 is 0 Å². The van der Waals surface area contributed by atoms with Crippen molar-refractivity contribution in [3.63, 3.8) is 0 Å². The van der Waals surface area contributed by atoms with Crippen LogP contribution in [0.15, 0.2) is 59.5 Å². The minimum atomic E-state index is -0.281. The third kappa shape index (κ3) is 3.53. The molecule has 0 bridgehead atoms. The number of hydrogen-bond donors (Lipinski definition) is 1. The molecular formula is C21H22N2O2S. The summed E-state index contributed by atoms with van der Waals surface area (Å²) in [5.74, 6) is -0.281. The van der Waals surface area contributed by atoms with Crippen molar-refractivity contribution in [1.82, 2.24) is 4.98 Å². The lowest BCUT2D eigenvalue weighted by molar-refractivity contribution is -0.481. The predicted octanol–water partition coefficient (Wildman–Crippen LogP) is 5.77. The van der Waals surface area contributed by atoms with E-state index in [1.54, 1.807) is 11.8 Å². The molecule has 0 aliphatic carbocycles. The highest BCUT2D eigenvalue weighted by atomic mass is 32.2. The summed E-state index contributed by atoms with van der Waals surface area (Å²) in [6, 6.07) is 16.3. The van der Waals surface area contributed by atoms with Crippen LogP contribution in [0.2, 0.25) is 0 Å². The van der Waals surface area contributed by atoms with E-state index >= 15 is 0 Å². The molecule has 0 fully saturated rings. The Morgan fingerprint density at radius 3 is 2.62 bits per heavy atom. The third-order valence-electron chi connectivity index (χ3n) is 4.60. The first kappa shape index (κ1) is 18.3. The number of nitrogens with zero attached hydrogens (tertiary/aromatic N) is 1. The number of nitro groups is 1. The number of aromatic amines is 1. The largest absolute Gasteiger partial charge is 0.354 e. The zero-order valence-corrected chi connectivity index (χ0v) is 16.0. The lowest BCUT2D eigenvalue weighted by atomic mass is 9.92. The van der Waals surface area contributed by atoms with Gasteiger partial charge in [-0.25, -0.2) is 0 Å². The van der Waals surface area contributed by atoms with E-state index in [1.807, 2.05) is 49.6 Å². The average molecular weight is 366 g/mol. The molecule has 3 rings (SSSR count). The van der Waals surface area contributed by atoms with E-state index in [-0.39, 0.29) is 17.4 Å². The fourth-order valence-electron chi connectivity index (χ4n) is 3.46. The monoisotopic (exact) mass is 366 g/mol. The van der Waals surface area contributed by atoms with Crippen LogP contribution in [0.1, 0.15) is 24.0 Å². The summed E-state index contributed by atoms with van der Waals surface area (Å²) in [4.78, 5) is 15.8. The van der Waals surface area contributed by atoms with Gasteiger partial charge in [-0.2, -0.15) is 0 Å². The Morgan fingerprint density at radius 2 is 2.00 bits per heavy atom. The molecule has 134 valence electrons. The number of rotatable bonds is 6. The molecule has 0 aliphatic heterocycles. The van der Waals surface area contributed by atoms with Crippen LogP contribution in [0.25, 0.3) is 22.2 Å². The number of hydrogen-bond acceptors (Lipinski definition) is 3. The van der Waals surface area contributed by atoms with Crippen LogP contribution >= 0.6 is 11.8 Å². The predicted molar refractivity (Wildman–Crippen MR) is 110 cm³/mol. The summed E-state index contributed by atoms with van der Waals surface area (Å²) in [5, 5.41) is 12.5. The summed E-state index contributed by atoms with van der Waals surface area (Å²) < 4.78 is 0. The van der Waals surface area contributed by atoms with E-state index in [2.05, 4.69) is 30.1 Å². The molecule has 1 N–H and O–H groups in total. The van der Waals surface area contributed by atoms with Gasteiger partial charge in [0.25, 0.3) is 0 Å². The van der Waals surface area contributed by atoms with Gasteiger partial charge in [0, 0.05) is 21.4 Å². The van der Waals surface area contributed by atoms with E-state index < -0.39 is 0 Å². The number of benzene rings is 2. The van der Waals surface area contributed by atoms with Crippen LogP contribution in [0, 0.1) is 17.0 Å². The Kier molecular flexibility index (Phi) is 5.47. The summed E-state index contributed by atoms with van der Waals surface area (Å²) in [6.45, 7) is 3.87. The van der Waals surface area contributed by atoms with Gasteiger partial charge in [0.15, 0.2) is 0 Å². The van der Waals surface area contributed by atoms with Crippen molar-refractivity contribution in [2.45, 2.75) is 19.8 Å². The van der Waals surface area contributed by atoms with Crippen molar-refractivity contribution in [2.24, 2.45) is 0 Å². The molecule has 0 radical (unpaired) electrons. The van der Waals surface area contributed by atoms with Crippen molar-refractivity contribution in [3.8, 4) is 11.3 Å². The highest BCUT2D eigenvalue weighted by molar-refractivity contribution is 8.02. The molecule has 1 aromatic heterocycles. The van der Waals surface area contributed by atoms with Gasteiger partial charge < -0.3 is 4.98 Å². The Balaban J connectivity index is 2.32. The molecule has 4 nitrogen and oxygen atoms in total. The molecule has 3 aromatic rings. The minimum absolute atomic E-state index is 0.124. The van der Waals surface area contributed by atoms with Crippen LogP contribution in [0.5, 0.6) is 0 Å². The molecule has 0 saturated heterocycles. The van der Waals surface area contributed by atoms with Crippen molar-refractivity contribution in [2.75, 3.05) is 12.8 Å². The SMILES string of the molecule is C/C=C(\SC)C(C[N+](=O)[O-])c1c(-c2ccccc2)[nH]c2cc(C)ccc12. The number of aromatic nitrogens is 1. The van der Waals surface area contributed by atoms with E-state index in [1.165, 1.54) is 0 Å². The Bertz CT molecular complexity index is 961. The molecule has 0 aliphatic rings. The second-order valence-electron chi connectivity index (χ2n) is 6.29. The zero-order valence-electron chi connectivity index (χ0n) is 15.2. The highest BCUT2D eigenvalue weighted by Crippen LogP contribution is 2.41. The number of fused-ring (bicyclic) bond motifs is 1. The second-order valence-corrected chi connectivity index (χ2v) is 7.17. The maximum atomic E-state index is 11.4. The van der Waals surface area contributed by atoms with Crippen molar-refractivity contribution in [3.05, 3.63) is 80.8 Å². The number of thioether (sulfide) groups is 1. The third-order valence-corrected chi connectivity index (χ3v) is 5.59. The van der Waals surface area contributed by atoms with E-state index in [0.29, 0.717) is 0 Å². The smallest absolute Gasteiger partial charge is 0.215 e. The molecule has 5 heteroatoms. The normalized spacial score (nSPS) is 13.1. The first-order valence-corrected chi connectivity index (χ1v) is 9.77. The standard InChI is InChI=1S/C21H22N2O2S/c1-4-19(26-3)17(13-23(24)25)20-16-11-10-14(2)12-18(16)22-21(20)15-8-6-5-7-9-15/h4-12,17,22H,13H2,1-3H3/b19-4-. The fourth-order valence-corrected chi connectivity index (χ4v) is 4.17. The summed E-state index contributed by atoms with van der Waals surface area (Å²) in [6.07, 6.45) is 3.96. The van der Waals surface area contributed by atoms with Gasteiger partial charge in [-0.15, -0.1) is 11.8 Å². The van der Waals surface area contributed by atoms with Gasteiger partial charge in [0.1, 0.15) is 0 Å². The zero-order chi connectivity index (χ0) is 18.7. The van der Waals surface area contributed by atoms with Gasteiger partial charge in [0.05, 0.1) is 11.6 Å².